The maximum absolute atomic E-state index is 12.8. The molecule has 0 bridgehead atoms. The van der Waals surface area contributed by atoms with E-state index in [4.69, 9.17) is 0 Å². The van der Waals surface area contributed by atoms with E-state index in [0.717, 1.165) is 17.4 Å². The predicted octanol–water partition coefficient (Wildman–Crippen LogP) is 2.09. The summed E-state index contributed by atoms with van der Waals surface area (Å²) in [7, 11) is -0.698. The first kappa shape index (κ1) is 20.6. The Morgan fingerprint density at radius 3 is 2.11 bits per heavy atom. The Bertz CT molecular complexity index is 892. The van der Waals surface area contributed by atoms with Gasteiger partial charge in [0.05, 0.1) is 12.7 Å². The summed E-state index contributed by atoms with van der Waals surface area (Å²) in [4.78, 5) is 25.7. The van der Waals surface area contributed by atoms with Gasteiger partial charge < -0.3 is 9.64 Å². The molecule has 2 aromatic carbocycles. The minimum atomic E-state index is -3.57. The molecular formula is C20H23NO5S. The molecule has 2 rings (SSSR count). The molecular weight excluding hydrogens is 366 g/mol. The number of esters is 1. The van der Waals surface area contributed by atoms with Crippen LogP contribution in [0.5, 0.6) is 0 Å². The van der Waals surface area contributed by atoms with E-state index in [1.54, 1.807) is 43.4 Å². The minimum Gasteiger partial charge on any atom is -0.465 e. The lowest BCUT2D eigenvalue weighted by molar-refractivity contribution is -0.129. The van der Waals surface area contributed by atoms with Gasteiger partial charge in [0.25, 0.3) is 0 Å². The van der Waals surface area contributed by atoms with Gasteiger partial charge in [0.1, 0.15) is 5.25 Å². The summed E-state index contributed by atoms with van der Waals surface area (Å²) in [5.41, 5.74) is 1.98. The van der Waals surface area contributed by atoms with Crippen molar-refractivity contribution in [2.45, 2.75) is 18.2 Å². The monoisotopic (exact) mass is 389 g/mol. The highest BCUT2D eigenvalue weighted by atomic mass is 32.2. The van der Waals surface area contributed by atoms with Crippen LogP contribution in [0.4, 0.5) is 0 Å². The van der Waals surface area contributed by atoms with Gasteiger partial charge in [0.15, 0.2) is 9.84 Å². The molecule has 0 aliphatic carbocycles. The largest absolute Gasteiger partial charge is 0.465 e. The van der Waals surface area contributed by atoms with Gasteiger partial charge in [-0.3, -0.25) is 4.79 Å². The Morgan fingerprint density at radius 2 is 1.59 bits per heavy atom. The first-order chi connectivity index (χ1) is 12.7. The molecule has 0 unspecified atom stereocenters. The van der Waals surface area contributed by atoms with E-state index in [9.17, 15) is 18.0 Å². The summed E-state index contributed by atoms with van der Waals surface area (Å²) >= 11 is 0. The smallest absolute Gasteiger partial charge is 0.337 e. The summed E-state index contributed by atoms with van der Waals surface area (Å²) in [5, 5.41) is -1.14. The van der Waals surface area contributed by atoms with E-state index in [1.807, 2.05) is 18.2 Å². The molecule has 0 heterocycles. The average molecular weight is 389 g/mol. The van der Waals surface area contributed by atoms with Crippen molar-refractivity contribution in [3.63, 3.8) is 0 Å². The summed E-state index contributed by atoms with van der Waals surface area (Å²) in [6.07, 6.45) is 1.21. The molecule has 0 fully saturated rings. The molecule has 0 N–H and O–H groups in total. The highest BCUT2D eigenvalue weighted by Crippen LogP contribution is 2.15. The lowest BCUT2D eigenvalue weighted by Gasteiger charge is -2.23. The Labute approximate surface area is 159 Å². The minimum absolute atomic E-state index is 0.129. The van der Waals surface area contributed by atoms with Gasteiger partial charge in [0.2, 0.25) is 5.91 Å². The Hall–Kier alpha value is -2.67. The fourth-order valence-electron chi connectivity index (χ4n) is 2.71. The van der Waals surface area contributed by atoms with Crippen LogP contribution in [0, 0.1) is 0 Å². The summed E-state index contributed by atoms with van der Waals surface area (Å²) in [5.74, 6) is -0.899. The zero-order chi connectivity index (χ0) is 20.0. The number of nitrogens with zero attached hydrogens (tertiary/aromatic N) is 1. The number of carbonyl (C=O) groups is 2. The molecule has 7 heteroatoms. The number of sulfone groups is 1. The van der Waals surface area contributed by atoms with E-state index in [-0.39, 0.29) is 13.0 Å². The number of carbonyl (C=O) groups excluding carboxylic acids is 2. The van der Waals surface area contributed by atoms with E-state index in [0.29, 0.717) is 5.56 Å². The molecule has 0 saturated heterocycles. The maximum Gasteiger partial charge on any atom is 0.337 e. The molecule has 1 amide bonds. The second-order valence-electron chi connectivity index (χ2n) is 6.39. The Kier molecular flexibility index (Phi) is 6.74. The molecule has 1 atom stereocenters. The standard InChI is InChI=1S/C20H23NO5S/c1-21(14-16-9-11-17(12-10-16)20(23)26-2)19(22)18(27(3,24)25)13-15-7-5-4-6-8-15/h4-12,18H,13-14H2,1-3H3/t18-/m0/s1. The van der Waals surface area contributed by atoms with Crippen molar-refractivity contribution in [3.05, 3.63) is 71.3 Å². The third kappa shape index (κ3) is 5.65. The first-order valence-electron chi connectivity index (χ1n) is 8.37. The number of rotatable bonds is 7. The second-order valence-corrected chi connectivity index (χ2v) is 8.62. The quantitative estimate of drug-likeness (QED) is 0.678. The molecule has 27 heavy (non-hydrogen) atoms. The van der Waals surface area contributed by atoms with E-state index in [1.165, 1.54) is 12.0 Å². The highest BCUT2D eigenvalue weighted by Gasteiger charge is 2.31. The van der Waals surface area contributed by atoms with Gasteiger partial charge in [-0.15, -0.1) is 0 Å². The number of hydrogen-bond acceptors (Lipinski definition) is 5. The zero-order valence-electron chi connectivity index (χ0n) is 15.6. The average Bonchev–Trinajstić information content (AvgIpc) is 2.65. The summed E-state index contributed by atoms with van der Waals surface area (Å²) in [6, 6.07) is 15.7. The number of benzene rings is 2. The van der Waals surface area contributed by atoms with Crippen LogP contribution < -0.4 is 0 Å². The molecule has 0 spiro atoms. The first-order valence-corrected chi connectivity index (χ1v) is 10.3. The van der Waals surface area contributed by atoms with Gasteiger partial charge in [-0.25, -0.2) is 13.2 Å². The Morgan fingerprint density at radius 1 is 1.00 bits per heavy atom. The van der Waals surface area contributed by atoms with Crippen molar-refractivity contribution < 1.29 is 22.7 Å². The fourth-order valence-corrected chi connectivity index (χ4v) is 3.75. The van der Waals surface area contributed by atoms with Gasteiger partial charge in [-0.05, 0) is 29.7 Å². The number of hydrogen-bond donors (Lipinski definition) is 0. The van der Waals surface area contributed by atoms with Crippen molar-refractivity contribution in [2.24, 2.45) is 0 Å². The summed E-state index contributed by atoms with van der Waals surface area (Å²) < 4.78 is 29.0. The molecule has 0 radical (unpaired) electrons. The van der Waals surface area contributed by atoms with Crippen molar-refractivity contribution >= 4 is 21.7 Å². The van der Waals surface area contributed by atoms with Gasteiger partial charge >= 0.3 is 5.97 Å². The second kappa shape index (κ2) is 8.81. The summed E-state index contributed by atoms with van der Waals surface area (Å²) in [6.45, 7) is 0.237. The molecule has 0 saturated carbocycles. The highest BCUT2D eigenvalue weighted by molar-refractivity contribution is 7.92. The van der Waals surface area contributed by atoms with Crippen LogP contribution >= 0.6 is 0 Å². The molecule has 0 aliphatic heterocycles. The van der Waals surface area contributed by atoms with E-state index >= 15 is 0 Å². The zero-order valence-corrected chi connectivity index (χ0v) is 16.4. The van der Waals surface area contributed by atoms with E-state index < -0.39 is 27.0 Å². The predicted molar refractivity (Wildman–Crippen MR) is 103 cm³/mol. The van der Waals surface area contributed by atoms with Crippen LogP contribution in [0.15, 0.2) is 54.6 Å². The number of ether oxygens (including phenoxy) is 1. The fraction of sp³-hybridized carbons (Fsp3) is 0.300. The van der Waals surface area contributed by atoms with Gasteiger partial charge in [-0.2, -0.15) is 0 Å². The molecule has 144 valence electrons. The SMILES string of the molecule is COC(=O)c1ccc(CN(C)C(=O)[C@H](Cc2ccccc2)S(C)(=O)=O)cc1. The number of methoxy groups -OCH3 is 1. The van der Waals surface area contributed by atoms with Gasteiger partial charge in [-0.1, -0.05) is 42.5 Å². The Balaban J connectivity index is 2.13. The van der Waals surface area contributed by atoms with Crippen molar-refractivity contribution in [2.75, 3.05) is 20.4 Å². The van der Waals surface area contributed by atoms with Crippen molar-refractivity contribution in [3.8, 4) is 0 Å². The third-order valence-corrected chi connectivity index (χ3v) is 5.63. The lowest BCUT2D eigenvalue weighted by atomic mass is 10.1. The van der Waals surface area contributed by atoms with Crippen LogP contribution in [-0.4, -0.2) is 50.9 Å². The van der Waals surface area contributed by atoms with Crippen LogP contribution in [-0.2, 0) is 32.3 Å². The topological polar surface area (TPSA) is 80.8 Å². The molecule has 2 aromatic rings. The normalized spacial score (nSPS) is 12.3. The van der Waals surface area contributed by atoms with Crippen LogP contribution in [0.1, 0.15) is 21.5 Å². The van der Waals surface area contributed by atoms with E-state index in [2.05, 4.69) is 4.74 Å². The lowest BCUT2D eigenvalue weighted by Crippen LogP contribution is -2.41. The molecule has 0 aliphatic rings. The maximum atomic E-state index is 12.8. The third-order valence-electron chi connectivity index (χ3n) is 4.23. The number of amides is 1. The van der Waals surface area contributed by atoms with Crippen LogP contribution in [0.2, 0.25) is 0 Å². The molecule has 6 nitrogen and oxygen atoms in total. The van der Waals surface area contributed by atoms with Crippen LogP contribution in [0.25, 0.3) is 0 Å². The van der Waals surface area contributed by atoms with Crippen LogP contribution in [0.3, 0.4) is 0 Å². The van der Waals surface area contributed by atoms with Gasteiger partial charge in [0, 0.05) is 19.8 Å². The van der Waals surface area contributed by atoms with Crippen molar-refractivity contribution in [1.82, 2.24) is 4.90 Å². The van der Waals surface area contributed by atoms with Crippen molar-refractivity contribution in [1.29, 1.82) is 0 Å². The molecule has 0 aromatic heterocycles.